The molecule has 0 spiro atoms. The predicted octanol–water partition coefficient (Wildman–Crippen LogP) is 2.10. The van der Waals surface area contributed by atoms with Gasteiger partial charge >= 0.3 is 0 Å². The lowest BCUT2D eigenvalue weighted by Gasteiger charge is -2.29. The molecule has 1 saturated heterocycles. The van der Waals surface area contributed by atoms with Crippen molar-refractivity contribution in [1.29, 1.82) is 0 Å². The minimum Gasteiger partial charge on any atom is -0.497 e. The highest BCUT2D eigenvalue weighted by molar-refractivity contribution is 5.36. The summed E-state index contributed by atoms with van der Waals surface area (Å²) >= 11 is 0. The first-order valence-electron chi connectivity index (χ1n) is 7.94. The van der Waals surface area contributed by atoms with Crippen LogP contribution in [0.4, 0.5) is 0 Å². The summed E-state index contributed by atoms with van der Waals surface area (Å²) in [7, 11) is 1.75. The fraction of sp³-hybridized carbons (Fsp3) is 0.647. The lowest BCUT2D eigenvalue weighted by molar-refractivity contribution is 0.215. The number of piperidine rings is 1. The lowest BCUT2D eigenvalue weighted by Crippen LogP contribution is -2.39. The topological polar surface area (TPSA) is 24.5 Å². The maximum absolute atomic E-state index is 5.35. The molecule has 1 N–H and O–H groups in total. The molecule has 0 aliphatic carbocycles. The van der Waals surface area contributed by atoms with Gasteiger partial charge in [-0.2, -0.15) is 0 Å². The molecule has 20 heavy (non-hydrogen) atoms. The van der Waals surface area contributed by atoms with Crippen LogP contribution in [0.3, 0.4) is 0 Å². The summed E-state index contributed by atoms with van der Waals surface area (Å²) in [5, 5.41) is 3.53. The Morgan fingerprint density at radius 2 is 2.10 bits per heavy atom. The normalized spacial score (nSPS) is 23.9. The highest BCUT2D eigenvalue weighted by Crippen LogP contribution is 2.22. The molecule has 3 rings (SSSR count). The fourth-order valence-corrected chi connectivity index (χ4v) is 3.50. The van der Waals surface area contributed by atoms with Crippen molar-refractivity contribution in [3.63, 3.8) is 0 Å². The van der Waals surface area contributed by atoms with Gasteiger partial charge in [0.2, 0.25) is 0 Å². The third-order valence-corrected chi connectivity index (χ3v) is 4.72. The third-order valence-electron chi connectivity index (χ3n) is 4.72. The zero-order chi connectivity index (χ0) is 13.8. The molecular weight excluding hydrogens is 248 g/mol. The average molecular weight is 274 g/mol. The molecule has 3 nitrogen and oxygen atoms in total. The second-order valence-electron chi connectivity index (χ2n) is 6.15. The Kier molecular flexibility index (Phi) is 4.58. The molecule has 1 aromatic carbocycles. The van der Waals surface area contributed by atoms with Gasteiger partial charge in [0.25, 0.3) is 0 Å². The maximum atomic E-state index is 5.35. The molecule has 3 heteroatoms. The molecule has 0 saturated carbocycles. The number of methoxy groups -OCH3 is 1. The third kappa shape index (κ3) is 3.33. The first kappa shape index (κ1) is 13.9. The van der Waals surface area contributed by atoms with Gasteiger partial charge in [-0.15, -0.1) is 0 Å². The van der Waals surface area contributed by atoms with E-state index in [9.17, 15) is 0 Å². The van der Waals surface area contributed by atoms with E-state index in [-0.39, 0.29) is 0 Å². The van der Waals surface area contributed by atoms with Crippen LogP contribution in [0, 0.1) is 5.92 Å². The average Bonchev–Trinajstić information content (AvgIpc) is 2.70. The van der Waals surface area contributed by atoms with Crippen molar-refractivity contribution in [3.8, 4) is 5.75 Å². The van der Waals surface area contributed by atoms with Crippen LogP contribution in [0.1, 0.15) is 24.0 Å². The molecule has 2 heterocycles. The Labute approximate surface area is 122 Å². The molecule has 2 aliphatic heterocycles. The summed E-state index contributed by atoms with van der Waals surface area (Å²) in [6.07, 6.45) is 5.08. The second-order valence-corrected chi connectivity index (χ2v) is 6.15. The summed E-state index contributed by atoms with van der Waals surface area (Å²) in [5.41, 5.74) is 2.99. The van der Waals surface area contributed by atoms with Crippen molar-refractivity contribution < 1.29 is 4.74 Å². The van der Waals surface area contributed by atoms with Crippen molar-refractivity contribution in [2.24, 2.45) is 5.92 Å². The standard InChI is InChI=1S/C17H26N2O/c1-20-17-5-4-15-6-9-19(10-7-16(15)11-17)13-14-3-2-8-18-12-14/h4-5,11,14,18H,2-3,6-10,12-13H2,1H3. The molecule has 1 atom stereocenters. The van der Waals surface area contributed by atoms with Crippen LogP contribution in [0.5, 0.6) is 5.75 Å². The van der Waals surface area contributed by atoms with Gasteiger partial charge in [-0.05, 0) is 68.0 Å². The molecule has 0 bridgehead atoms. The van der Waals surface area contributed by atoms with Crippen molar-refractivity contribution in [3.05, 3.63) is 29.3 Å². The highest BCUT2D eigenvalue weighted by atomic mass is 16.5. The number of nitrogens with one attached hydrogen (secondary N) is 1. The predicted molar refractivity (Wildman–Crippen MR) is 82.4 cm³/mol. The minimum atomic E-state index is 0.847. The van der Waals surface area contributed by atoms with Gasteiger partial charge in [-0.1, -0.05) is 6.07 Å². The van der Waals surface area contributed by atoms with Crippen LogP contribution in [0.25, 0.3) is 0 Å². The molecule has 0 aromatic heterocycles. The lowest BCUT2D eigenvalue weighted by atomic mass is 9.99. The Hall–Kier alpha value is -1.06. The van der Waals surface area contributed by atoms with E-state index in [0.717, 1.165) is 18.1 Å². The first-order chi connectivity index (χ1) is 9.85. The number of ether oxygens (including phenoxy) is 1. The van der Waals surface area contributed by atoms with E-state index >= 15 is 0 Å². The zero-order valence-corrected chi connectivity index (χ0v) is 12.5. The van der Waals surface area contributed by atoms with E-state index in [1.807, 2.05) is 0 Å². The van der Waals surface area contributed by atoms with E-state index in [1.165, 1.54) is 63.1 Å². The molecule has 110 valence electrons. The Bertz CT molecular complexity index is 441. The van der Waals surface area contributed by atoms with Crippen LogP contribution in [0.15, 0.2) is 18.2 Å². The van der Waals surface area contributed by atoms with Crippen molar-refractivity contribution in [2.45, 2.75) is 25.7 Å². The van der Waals surface area contributed by atoms with Gasteiger partial charge in [-0.25, -0.2) is 0 Å². The number of rotatable bonds is 3. The summed E-state index contributed by atoms with van der Waals surface area (Å²) in [4.78, 5) is 2.66. The fourth-order valence-electron chi connectivity index (χ4n) is 3.50. The van der Waals surface area contributed by atoms with Gasteiger partial charge in [0, 0.05) is 19.6 Å². The molecule has 1 fully saturated rings. The minimum absolute atomic E-state index is 0.847. The summed E-state index contributed by atoms with van der Waals surface area (Å²) in [5.74, 6) is 1.84. The van der Waals surface area contributed by atoms with Crippen LogP contribution in [-0.4, -0.2) is 44.7 Å². The number of hydrogen-bond donors (Lipinski definition) is 1. The Morgan fingerprint density at radius 1 is 1.25 bits per heavy atom. The monoisotopic (exact) mass is 274 g/mol. The van der Waals surface area contributed by atoms with Crippen LogP contribution >= 0.6 is 0 Å². The number of hydrogen-bond acceptors (Lipinski definition) is 3. The Morgan fingerprint density at radius 3 is 2.85 bits per heavy atom. The van der Waals surface area contributed by atoms with Gasteiger partial charge in [0.1, 0.15) is 5.75 Å². The largest absolute Gasteiger partial charge is 0.497 e. The first-order valence-corrected chi connectivity index (χ1v) is 7.94. The van der Waals surface area contributed by atoms with Crippen molar-refractivity contribution in [2.75, 3.05) is 39.8 Å². The summed E-state index contributed by atoms with van der Waals surface area (Å²) in [6, 6.07) is 6.57. The molecule has 2 aliphatic rings. The van der Waals surface area contributed by atoms with Gasteiger partial charge in [0.05, 0.1) is 7.11 Å². The van der Waals surface area contributed by atoms with Crippen molar-refractivity contribution >= 4 is 0 Å². The highest BCUT2D eigenvalue weighted by Gasteiger charge is 2.19. The quantitative estimate of drug-likeness (QED) is 0.913. The van der Waals surface area contributed by atoms with E-state index < -0.39 is 0 Å². The summed E-state index contributed by atoms with van der Waals surface area (Å²) in [6.45, 7) is 6.07. The molecule has 0 amide bonds. The van der Waals surface area contributed by atoms with E-state index in [4.69, 9.17) is 4.74 Å². The van der Waals surface area contributed by atoms with Crippen LogP contribution < -0.4 is 10.1 Å². The molecule has 0 radical (unpaired) electrons. The second kappa shape index (κ2) is 6.59. The zero-order valence-electron chi connectivity index (χ0n) is 12.5. The van der Waals surface area contributed by atoms with E-state index in [2.05, 4.69) is 28.4 Å². The molecule has 1 unspecified atom stereocenters. The Balaban J connectivity index is 1.60. The number of benzene rings is 1. The van der Waals surface area contributed by atoms with Gasteiger partial charge in [0.15, 0.2) is 0 Å². The molecular formula is C17H26N2O. The van der Waals surface area contributed by atoms with Crippen LogP contribution in [-0.2, 0) is 12.8 Å². The smallest absolute Gasteiger partial charge is 0.119 e. The number of nitrogens with zero attached hydrogens (tertiary/aromatic N) is 1. The molecule has 1 aromatic rings. The summed E-state index contributed by atoms with van der Waals surface area (Å²) < 4.78 is 5.35. The van der Waals surface area contributed by atoms with Crippen molar-refractivity contribution in [1.82, 2.24) is 10.2 Å². The van der Waals surface area contributed by atoms with Crippen LogP contribution in [0.2, 0.25) is 0 Å². The van der Waals surface area contributed by atoms with Gasteiger partial charge in [-0.3, -0.25) is 0 Å². The van der Waals surface area contributed by atoms with Gasteiger partial charge < -0.3 is 15.0 Å². The van der Waals surface area contributed by atoms with E-state index in [0.29, 0.717) is 0 Å². The SMILES string of the molecule is COc1ccc2c(c1)CCN(CC1CCCNC1)CC2. The van der Waals surface area contributed by atoms with E-state index in [1.54, 1.807) is 7.11 Å². The number of fused-ring (bicyclic) bond motifs is 1. The maximum Gasteiger partial charge on any atom is 0.119 e.